The van der Waals surface area contributed by atoms with Gasteiger partial charge in [-0.1, -0.05) is 0 Å². The predicted molar refractivity (Wildman–Crippen MR) is 58.2 cm³/mol. The normalized spacial score (nSPS) is 9.44. The molecule has 0 saturated heterocycles. The molecule has 0 aliphatic carbocycles. The van der Waals surface area contributed by atoms with Crippen LogP contribution in [0.3, 0.4) is 0 Å². The molecule has 1 heterocycles. The molecule has 0 saturated carbocycles. The van der Waals surface area contributed by atoms with Crippen LogP contribution in [0, 0.1) is 0 Å². The molecule has 0 fully saturated rings. The third-order valence-corrected chi connectivity index (χ3v) is 1.64. The Kier molecular flexibility index (Phi) is 4.25. The average Bonchev–Trinajstić information content (AvgIpc) is 2.28. The number of anilines is 2. The van der Waals surface area contributed by atoms with Gasteiger partial charge >= 0.3 is 0 Å². The molecule has 0 spiro atoms. The fourth-order valence-electron chi connectivity index (χ4n) is 0.898. The maximum Gasteiger partial charge on any atom is 0.254 e. The number of rotatable bonds is 5. The Balaban J connectivity index is 3.12. The van der Waals surface area contributed by atoms with E-state index in [0.717, 1.165) is 0 Å². The second-order valence-electron chi connectivity index (χ2n) is 2.66. The van der Waals surface area contributed by atoms with Gasteiger partial charge < -0.3 is 5.32 Å². The quantitative estimate of drug-likeness (QED) is 0.348. The highest BCUT2D eigenvalue weighted by molar-refractivity contribution is 5.39. The summed E-state index contributed by atoms with van der Waals surface area (Å²) in [5.41, 5.74) is 8.32. The second kappa shape index (κ2) is 5.69. The highest BCUT2D eigenvalue weighted by Crippen LogP contribution is 2.14. The highest BCUT2D eigenvalue weighted by atomic mass is 16.7. The average molecular weight is 224 g/mol. The number of hydroxylamine groups is 1. The third kappa shape index (κ3) is 2.94. The fraction of sp³-hybridized carbons (Fsp3) is 0.571. The van der Waals surface area contributed by atoms with E-state index in [-0.39, 0.29) is 11.9 Å². The minimum absolute atomic E-state index is 0.00708. The van der Waals surface area contributed by atoms with Gasteiger partial charge in [-0.05, 0) is 17.6 Å². The minimum Gasteiger partial charge on any atom is -0.354 e. The predicted octanol–water partition coefficient (Wildman–Crippen LogP) is 1.24. The van der Waals surface area contributed by atoms with Crippen LogP contribution in [0.5, 0.6) is 0 Å². The van der Waals surface area contributed by atoms with Crippen LogP contribution in [0.1, 0.15) is 6.92 Å². The third-order valence-electron chi connectivity index (χ3n) is 1.64. The molecule has 16 heavy (non-hydrogen) atoms. The zero-order chi connectivity index (χ0) is 12.0. The lowest BCUT2D eigenvalue weighted by Crippen LogP contribution is -2.19. The van der Waals surface area contributed by atoms with Crippen LogP contribution in [-0.2, 0) is 4.84 Å². The SMILES string of the molecule is CCNc1nc(N=[N+]=[N-])nc(N(C)OC)n1. The number of aromatic nitrogens is 3. The molecule has 0 bridgehead atoms. The van der Waals surface area contributed by atoms with E-state index in [9.17, 15) is 0 Å². The summed E-state index contributed by atoms with van der Waals surface area (Å²) in [7, 11) is 3.11. The number of hydrogen-bond acceptors (Lipinski definition) is 7. The zero-order valence-electron chi connectivity index (χ0n) is 9.25. The van der Waals surface area contributed by atoms with Gasteiger partial charge in [-0.2, -0.15) is 15.0 Å². The van der Waals surface area contributed by atoms with E-state index in [1.165, 1.54) is 12.2 Å². The van der Waals surface area contributed by atoms with Crippen molar-refractivity contribution in [2.75, 3.05) is 31.1 Å². The molecule has 0 aliphatic rings. The number of azide groups is 1. The van der Waals surface area contributed by atoms with Crippen molar-refractivity contribution in [3.8, 4) is 0 Å². The topological polar surface area (TPSA) is 112 Å². The smallest absolute Gasteiger partial charge is 0.254 e. The summed E-state index contributed by atoms with van der Waals surface area (Å²) < 4.78 is 0. The summed E-state index contributed by atoms with van der Waals surface area (Å²) in [4.78, 5) is 19.4. The van der Waals surface area contributed by atoms with Crippen LogP contribution in [0.4, 0.5) is 17.8 Å². The first-order chi connectivity index (χ1) is 7.71. The lowest BCUT2D eigenvalue weighted by molar-refractivity contribution is 0.180. The Morgan fingerprint density at radius 2 is 2.25 bits per heavy atom. The molecule has 0 atom stereocenters. The molecule has 0 radical (unpaired) electrons. The van der Waals surface area contributed by atoms with Gasteiger partial charge in [-0.3, -0.25) is 4.84 Å². The van der Waals surface area contributed by atoms with Crippen molar-refractivity contribution in [3.63, 3.8) is 0 Å². The van der Waals surface area contributed by atoms with E-state index >= 15 is 0 Å². The molecular weight excluding hydrogens is 212 g/mol. The first-order valence-electron chi connectivity index (χ1n) is 4.54. The van der Waals surface area contributed by atoms with Gasteiger partial charge in [0.2, 0.25) is 11.9 Å². The lowest BCUT2D eigenvalue weighted by atomic mass is 10.7. The number of hydrogen-bond donors (Lipinski definition) is 1. The van der Waals surface area contributed by atoms with Crippen LogP contribution in [0.2, 0.25) is 0 Å². The van der Waals surface area contributed by atoms with Crippen LogP contribution in [0.25, 0.3) is 10.4 Å². The first kappa shape index (κ1) is 12.0. The summed E-state index contributed by atoms with van der Waals surface area (Å²) in [6.45, 7) is 2.55. The van der Waals surface area contributed by atoms with Crippen LogP contribution < -0.4 is 10.4 Å². The van der Waals surface area contributed by atoms with Crippen molar-refractivity contribution in [3.05, 3.63) is 10.4 Å². The van der Waals surface area contributed by atoms with Crippen molar-refractivity contribution in [2.45, 2.75) is 6.92 Å². The molecule has 9 heteroatoms. The molecule has 86 valence electrons. The van der Waals surface area contributed by atoms with Crippen LogP contribution in [0.15, 0.2) is 5.11 Å². The Bertz CT molecular complexity index is 401. The molecule has 1 aromatic rings. The van der Waals surface area contributed by atoms with Gasteiger partial charge in [0.05, 0.1) is 7.11 Å². The Morgan fingerprint density at radius 3 is 2.81 bits per heavy atom. The van der Waals surface area contributed by atoms with E-state index in [0.29, 0.717) is 12.5 Å². The van der Waals surface area contributed by atoms with E-state index in [1.807, 2.05) is 6.92 Å². The van der Waals surface area contributed by atoms with Crippen molar-refractivity contribution in [2.24, 2.45) is 5.11 Å². The maximum absolute atomic E-state index is 8.32. The Labute approximate surface area is 92.1 Å². The monoisotopic (exact) mass is 224 g/mol. The summed E-state index contributed by atoms with van der Waals surface area (Å²) in [6, 6.07) is 0. The molecule has 0 unspecified atom stereocenters. The molecular formula is C7H12N8O. The van der Waals surface area contributed by atoms with Gasteiger partial charge in [0.15, 0.2) is 0 Å². The van der Waals surface area contributed by atoms with Gasteiger partial charge in [0.1, 0.15) is 0 Å². The van der Waals surface area contributed by atoms with Crippen LogP contribution >= 0.6 is 0 Å². The van der Waals surface area contributed by atoms with Crippen molar-refractivity contribution >= 4 is 17.8 Å². The van der Waals surface area contributed by atoms with Gasteiger partial charge in [-0.15, -0.1) is 0 Å². The van der Waals surface area contributed by atoms with Gasteiger partial charge in [-0.25, -0.2) is 5.06 Å². The highest BCUT2D eigenvalue weighted by Gasteiger charge is 2.08. The summed E-state index contributed by atoms with van der Waals surface area (Å²) in [5, 5.41) is 7.55. The molecule has 1 rings (SSSR count). The van der Waals surface area contributed by atoms with Crippen molar-refractivity contribution < 1.29 is 4.84 Å². The number of nitrogens with zero attached hydrogens (tertiary/aromatic N) is 7. The van der Waals surface area contributed by atoms with E-state index in [4.69, 9.17) is 10.4 Å². The standard InChI is InChI=1S/C7H12N8O/c1-4-9-5-10-6(13-14-8)12-7(11-5)15(2)16-3/h4H2,1-3H3,(H,9,10,11,12). The van der Waals surface area contributed by atoms with Crippen molar-refractivity contribution in [1.29, 1.82) is 0 Å². The summed E-state index contributed by atoms with van der Waals surface area (Å²) in [6.07, 6.45) is 0. The fourth-order valence-corrected chi connectivity index (χ4v) is 0.898. The van der Waals surface area contributed by atoms with E-state index in [1.54, 1.807) is 7.05 Å². The van der Waals surface area contributed by atoms with Gasteiger partial charge in [0.25, 0.3) is 5.95 Å². The Hall–Kier alpha value is -2.12. The van der Waals surface area contributed by atoms with Gasteiger partial charge in [0, 0.05) is 18.5 Å². The second-order valence-corrected chi connectivity index (χ2v) is 2.66. The number of nitrogens with one attached hydrogen (secondary N) is 1. The summed E-state index contributed by atoms with van der Waals surface area (Å²) >= 11 is 0. The van der Waals surface area contributed by atoms with E-state index in [2.05, 4.69) is 30.3 Å². The van der Waals surface area contributed by atoms with Crippen molar-refractivity contribution in [1.82, 2.24) is 15.0 Å². The minimum atomic E-state index is -0.00708. The first-order valence-corrected chi connectivity index (χ1v) is 4.54. The molecule has 1 aromatic heterocycles. The van der Waals surface area contributed by atoms with Crippen LogP contribution in [-0.4, -0.2) is 35.7 Å². The molecule has 0 aromatic carbocycles. The summed E-state index contributed by atoms with van der Waals surface area (Å²) in [5.74, 6) is 0.585. The Morgan fingerprint density at radius 1 is 1.50 bits per heavy atom. The van der Waals surface area contributed by atoms with E-state index < -0.39 is 0 Å². The zero-order valence-corrected chi connectivity index (χ0v) is 9.25. The largest absolute Gasteiger partial charge is 0.354 e. The molecule has 0 amide bonds. The molecule has 1 N–H and O–H groups in total. The molecule has 9 nitrogen and oxygen atoms in total. The molecule has 0 aliphatic heterocycles. The maximum atomic E-state index is 8.32. The lowest BCUT2D eigenvalue weighted by Gasteiger charge is -2.14.